The Bertz CT molecular complexity index is 304. The van der Waals surface area contributed by atoms with Crippen LogP contribution in [0.25, 0.3) is 0 Å². The molecular weight excluding hydrogens is 216 g/mol. The van der Waals surface area contributed by atoms with Crippen LogP contribution in [0.15, 0.2) is 0 Å². The van der Waals surface area contributed by atoms with Crippen molar-refractivity contribution in [2.45, 2.75) is 44.2 Å². The fourth-order valence-electron chi connectivity index (χ4n) is 3.60. The Kier molecular flexibility index (Phi) is 3.09. The third-order valence-electron chi connectivity index (χ3n) is 4.57. The number of fused-ring (bicyclic) bond motifs is 1. The highest BCUT2D eigenvalue weighted by Gasteiger charge is 2.41. The second-order valence-corrected chi connectivity index (χ2v) is 5.87. The maximum atomic E-state index is 11.0. The van der Waals surface area contributed by atoms with Crippen molar-refractivity contribution < 1.29 is 9.90 Å². The topological polar surface area (TPSA) is 43.8 Å². The van der Waals surface area contributed by atoms with Gasteiger partial charge in [-0.2, -0.15) is 0 Å². The first-order valence-electron chi connectivity index (χ1n) is 6.94. The van der Waals surface area contributed by atoms with Crippen LogP contribution in [0.1, 0.15) is 32.1 Å². The molecule has 0 aromatic carbocycles. The summed E-state index contributed by atoms with van der Waals surface area (Å²) in [6.45, 7) is 3.66. The van der Waals surface area contributed by atoms with E-state index in [4.69, 9.17) is 5.11 Å². The molecule has 3 aliphatic rings. The van der Waals surface area contributed by atoms with E-state index in [9.17, 15) is 4.79 Å². The van der Waals surface area contributed by atoms with E-state index in [1.165, 1.54) is 45.2 Å². The molecule has 3 rings (SSSR count). The zero-order valence-electron chi connectivity index (χ0n) is 10.3. The quantitative estimate of drug-likeness (QED) is 0.776. The molecule has 2 atom stereocenters. The third kappa shape index (κ3) is 2.47. The monoisotopic (exact) mass is 238 g/mol. The van der Waals surface area contributed by atoms with Gasteiger partial charge in [-0.25, -0.2) is 0 Å². The average Bonchev–Trinajstić information content (AvgIpc) is 2.82. The fraction of sp³-hybridized carbons (Fsp3) is 0.923. The fourth-order valence-corrected chi connectivity index (χ4v) is 3.60. The molecule has 17 heavy (non-hydrogen) atoms. The van der Waals surface area contributed by atoms with E-state index in [2.05, 4.69) is 9.80 Å². The predicted molar refractivity (Wildman–Crippen MR) is 64.9 cm³/mol. The summed E-state index contributed by atoms with van der Waals surface area (Å²) in [4.78, 5) is 15.8. The first kappa shape index (κ1) is 11.5. The summed E-state index contributed by atoms with van der Waals surface area (Å²) in [5.41, 5.74) is 0. The Morgan fingerprint density at radius 3 is 2.76 bits per heavy atom. The van der Waals surface area contributed by atoms with E-state index in [1.54, 1.807) is 0 Å². The molecule has 1 saturated carbocycles. The lowest BCUT2D eigenvalue weighted by molar-refractivity contribution is -0.139. The van der Waals surface area contributed by atoms with Gasteiger partial charge in [-0.1, -0.05) is 0 Å². The van der Waals surface area contributed by atoms with Gasteiger partial charge >= 0.3 is 5.97 Å². The van der Waals surface area contributed by atoms with Crippen LogP contribution < -0.4 is 0 Å². The molecule has 1 N–H and O–H groups in total. The van der Waals surface area contributed by atoms with Crippen molar-refractivity contribution in [3.8, 4) is 0 Å². The maximum absolute atomic E-state index is 11.0. The second kappa shape index (κ2) is 4.58. The summed E-state index contributed by atoms with van der Waals surface area (Å²) >= 11 is 0. The van der Waals surface area contributed by atoms with E-state index in [1.807, 2.05) is 0 Å². The van der Waals surface area contributed by atoms with Gasteiger partial charge in [0.2, 0.25) is 0 Å². The highest BCUT2D eigenvalue weighted by atomic mass is 16.4. The molecule has 2 aliphatic heterocycles. The van der Waals surface area contributed by atoms with Crippen molar-refractivity contribution in [2.24, 2.45) is 5.92 Å². The van der Waals surface area contributed by atoms with E-state index in [0.29, 0.717) is 12.1 Å². The summed E-state index contributed by atoms with van der Waals surface area (Å²) in [5, 5.41) is 9.06. The molecule has 2 saturated heterocycles. The van der Waals surface area contributed by atoms with Crippen molar-refractivity contribution in [3.05, 3.63) is 0 Å². The van der Waals surface area contributed by atoms with E-state index in [-0.39, 0.29) is 6.54 Å². The van der Waals surface area contributed by atoms with Crippen molar-refractivity contribution >= 4 is 5.97 Å². The van der Waals surface area contributed by atoms with Crippen LogP contribution >= 0.6 is 0 Å². The first-order chi connectivity index (χ1) is 8.24. The smallest absolute Gasteiger partial charge is 0.317 e. The number of carboxylic acids is 1. The van der Waals surface area contributed by atoms with Crippen LogP contribution in [0, 0.1) is 5.92 Å². The number of carboxylic acid groups (broad SMARTS) is 1. The lowest BCUT2D eigenvalue weighted by atomic mass is 10.0. The summed E-state index contributed by atoms with van der Waals surface area (Å²) in [6, 6.07) is 1.15. The van der Waals surface area contributed by atoms with Gasteiger partial charge in [0.15, 0.2) is 0 Å². The Hall–Kier alpha value is -0.610. The number of aliphatic carboxylic acids is 1. The Balaban J connectivity index is 1.66. The molecule has 4 heteroatoms. The van der Waals surface area contributed by atoms with E-state index in [0.717, 1.165) is 12.5 Å². The van der Waals surface area contributed by atoms with Crippen LogP contribution in [0.2, 0.25) is 0 Å². The predicted octanol–water partition coefficient (Wildman–Crippen LogP) is 1.02. The molecule has 2 unspecified atom stereocenters. The molecule has 0 radical (unpaired) electrons. The van der Waals surface area contributed by atoms with Gasteiger partial charge in [0.1, 0.15) is 0 Å². The molecule has 0 bridgehead atoms. The van der Waals surface area contributed by atoms with Gasteiger partial charge in [-0.15, -0.1) is 0 Å². The van der Waals surface area contributed by atoms with Gasteiger partial charge in [0.25, 0.3) is 0 Å². The molecule has 0 spiro atoms. The van der Waals surface area contributed by atoms with Gasteiger partial charge in [0, 0.05) is 25.2 Å². The van der Waals surface area contributed by atoms with Crippen LogP contribution in [0.3, 0.4) is 0 Å². The minimum absolute atomic E-state index is 0.242. The highest BCUT2D eigenvalue weighted by molar-refractivity contribution is 5.69. The van der Waals surface area contributed by atoms with Gasteiger partial charge < -0.3 is 5.11 Å². The van der Waals surface area contributed by atoms with E-state index < -0.39 is 5.97 Å². The normalized spacial score (nSPS) is 33.2. The Morgan fingerprint density at radius 2 is 2.06 bits per heavy atom. The van der Waals surface area contributed by atoms with Crippen LogP contribution in [0.5, 0.6) is 0 Å². The zero-order valence-corrected chi connectivity index (χ0v) is 10.3. The third-order valence-corrected chi connectivity index (χ3v) is 4.57. The van der Waals surface area contributed by atoms with Crippen molar-refractivity contribution in [2.75, 3.05) is 26.2 Å². The van der Waals surface area contributed by atoms with Crippen LogP contribution in [0.4, 0.5) is 0 Å². The average molecular weight is 238 g/mol. The minimum atomic E-state index is -0.665. The molecule has 96 valence electrons. The molecule has 0 aromatic rings. The molecule has 0 amide bonds. The van der Waals surface area contributed by atoms with Crippen molar-refractivity contribution in [1.82, 2.24) is 9.80 Å². The number of nitrogens with zero attached hydrogens (tertiary/aromatic N) is 2. The summed E-state index contributed by atoms with van der Waals surface area (Å²) in [7, 11) is 0. The Labute approximate surface area is 103 Å². The SMILES string of the molecule is O=C(O)CN(CC1CC1)C1CCN2CCCC12. The summed E-state index contributed by atoms with van der Waals surface area (Å²) < 4.78 is 0. The molecule has 0 aromatic heterocycles. The summed E-state index contributed by atoms with van der Waals surface area (Å²) in [5.74, 6) is 0.118. The number of hydrogen-bond acceptors (Lipinski definition) is 3. The number of rotatable bonds is 5. The standard InChI is InChI=1S/C13H22N2O2/c16-13(17)9-15(8-10-3-4-10)12-5-7-14-6-1-2-11(12)14/h10-12H,1-9H2,(H,16,17). The lowest BCUT2D eigenvalue weighted by Gasteiger charge is -2.31. The van der Waals surface area contributed by atoms with Gasteiger partial charge in [-0.05, 0) is 44.6 Å². The van der Waals surface area contributed by atoms with Crippen molar-refractivity contribution in [1.29, 1.82) is 0 Å². The minimum Gasteiger partial charge on any atom is -0.480 e. The number of carbonyl (C=O) groups is 1. The molecule has 4 nitrogen and oxygen atoms in total. The molecule has 3 fully saturated rings. The highest BCUT2D eigenvalue weighted by Crippen LogP contribution is 2.35. The van der Waals surface area contributed by atoms with Gasteiger partial charge in [0.05, 0.1) is 6.54 Å². The number of hydrogen-bond donors (Lipinski definition) is 1. The largest absolute Gasteiger partial charge is 0.480 e. The lowest BCUT2D eigenvalue weighted by Crippen LogP contribution is -2.46. The zero-order chi connectivity index (χ0) is 11.8. The summed E-state index contributed by atoms with van der Waals surface area (Å²) in [6.07, 6.45) is 6.34. The van der Waals surface area contributed by atoms with Crippen LogP contribution in [-0.2, 0) is 4.79 Å². The van der Waals surface area contributed by atoms with Gasteiger partial charge in [-0.3, -0.25) is 14.6 Å². The molecular formula is C13H22N2O2. The van der Waals surface area contributed by atoms with E-state index >= 15 is 0 Å². The maximum Gasteiger partial charge on any atom is 0.317 e. The van der Waals surface area contributed by atoms with Crippen molar-refractivity contribution in [3.63, 3.8) is 0 Å². The molecule has 2 heterocycles. The van der Waals surface area contributed by atoms with Crippen LogP contribution in [-0.4, -0.2) is 59.1 Å². The Morgan fingerprint density at radius 1 is 1.24 bits per heavy atom. The molecule has 1 aliphatic carbocycles. The first-order valence-corrected chi connectivity index (χ1v) is 6.94. The second-order valence-electron chi connectivity index (χ2n) is 5.87.